The second-order valence-electron chi connectivity index (χ2n) is 16.5. The predicted molar refractivity (Wildman–Crippen MR) is 263 cm³/mol. The Morgan fingerprint density at radius 2 is 0.645 bits per heavy atom. The first kappa shape index (κ1) is 58.4. The number of hydrogen-bond acceptors (Lipinski definition) is 3. The van der Waals surface area contributed by atoms with Gasteiger partial charge in [-0.3, -0.25) is 13.7 Å². The average molecular weight is 1200 g/mol. The normalized spacial score (nSPS) is 11.8. The van der Waals surface area contributed by atoms with E-state index in [9.17, 15) is 67.1 Å². The minimum atomic E-state index is -4.45. The maximum atomic E-state index is 13.1. The van der Waals surface area contributed by atoms with Gasteiger partial charge in [0, 0.05) is 38.0 Å². The standard InChI is InChI=1S/C23H16F6N2O.C15H11F3N2O.C8H6BrF3.C7H6N2O.Y/c24-22(25,26)17-9-5-15(6-10-17)13-30-19-3-1-2-4-20(19)31(21(30)32)14-16-7-11-18(12-8-16)23(27,28)29;16-15(17,18)11-7-5-10(6-8-11)9-20-13-4-2-1-3-12(13)19-14(20)21;9-5-6-1-3-7(4-2-6)8(10,11)12;10-7-8-5-3-1-2-4-6(5)9-7;/h1-12H,13-14H2;1-8H,9H2,(H,19,21);1-4H,5H2;1-4H,(H2,8,9,10);. The molecule has 0 amide bonds. The average Bonchev–Trinajstić information content (AvgIpc) is 4.00. The molecule has 10 aromatic rings. The van der Waals surface area contributed by atoms with Crippen LogP contribution in [0.15, 0.2) is 184 Å². The number of benzene rings is 7. The van der Waals surface area contributed by atoms with Crippen LogP contribution in [0.25, 0.3) is 33.1 Å². The fraction of sp³-hybridized carbons (Fsp3) is 0.151. The van der Waals surface area contributed by atoms with Crippen LogP contribution < -0.4 is 17.1 Å². The number of hydrogen-bond donors (Lipinski definition) is 3. The Bertz CT molecular complexity index is 3550. The Morgan fingerprint density at radius 3 is 0.974 bits per heavy atom. The van der Waals surface area contributed by atoms with E-state index in [1.54, 1.807) is 48.5 Å². The summed E-state index contributed by atoms with van der Waals surface area (Å²) in [6.07, 6.45) is -17.5. The van der Waals surface area contributed by atoms with E-state index in [0.717, 1.165) is 70.6 Å². The van der Waals surface area contributed by atoms with Crippen LogP contribution in [0.1, 0.15) is 44.5 Å². The van der Waals surface area contributed by atoms with Crippen LogP contribution in [-0.4, -0.2) is 28.7 Å². The summed E-state index contributed by atoms with van der Waals surface area (Å²) in [6, 6.07) is 40.5. The van der Waals surface area contributed by atoms with Gasteiger partial charge in [-0.05, 0) is 107 Å². The van der Waals surface area contributed by atoms with Crippen LogP contribution in [0.5, 0.6) is 0 Å². The molecule has 0 aliphatic carbocycles. The van der Waals surface area contributed by atoms with E-state index < -0.39 is 52.6 Å². The van der Waals surface area contributed by atoms with E-state index in [1.807, 2.05) is 24.3 Å². The van der Waals surface area contributed by atoms with Crippen LogP contribution in [0, 0.1) is 0 Å². The van der Waals surface area contributed by atoms with Crippen LogP contribution in [-0.2, 0) is 82.4 Å². The second-order valence-corrected chi connectivity index (χ2v) is 17.1. The molecule has 393 valence electrons. The molecule has 3 heterocycles. The molecule has 10 rings (SSSR count). The van der Waals surface area contributed by atoms with Gasteiger partial charge in [-0.25, -0.2) is 14.4 Å². The molecule has 76 heavy (non-hydrogen) atoms. The molecule has 0 saturated carbocycles. The Hall–Kier alpha value is -6.91. The van der Waals surface area contributed by atoms with E-state index in [4.69, 9.17) is 0 Å². The topological polar surface area (TPSA) is 113 Å². The summed E-state index contributed by atoms with van der Waals surface area (Å²) in [5.41, 5.74) is 3.07. The van der Waals surface area contributed by atoms with E-state index in [2.05, 4.69) is 30.9 Å². The van der Waals surface area contributed by atoms with Gasteiger partial charge in [0.1, 0.15) is 0 Å². The van der Waals surface area contributed by atoms with Crippen molar-refractivity contribution in [3.63, 3.8) is 0 Å². The van der Waals surface area contributed by atoms with Crippen molar-refractivity contribution in [1.29, 1.82) is 0 Å². The second kappa shape index (κ2) is 24.4. The molecule has 1 radical (unpaired) electrons. The van der Waals surface area contributed by atoms with Crippen molar-refractivity contribution in [2.45, 2.75) is 49.7 Å². The van der Waals surface area contributed by atoms with Crippen molar-refractivity contribution >= 4 is 49.0 Å². The zero-order chi connectivity index (χ0) is 54.3. The third kappa shape index (κ3) is 14.9. The smallest absolute Gasteiger partial charge is 0.306 e. The number of fused-ring (bicyclic) bond motifs is 3. The zero-order valence-corrected chi connectivity index (χ0v) is 43.5. The number of nitrogens with zero attached hydrogens (tertiary/aromatic N) is 3. The number of nitrogens with one attached hydrogen (secondary N) is 3. The van der Waals surface area contributed by atoms with Crippen LogP contribution >= 0.6 is 15.9 Å². The van der Waals surface area contributed by atoms with Crippen molar-refractivity contribution < 1.29 is 85.4 Å². The summed E-state index contributed by atoms with van der Waals surface area (Å²) < 4.78 is 155. The molecule has 0 atom stereocenters. The molecule has 7 aromatic carbocycles. The molecular weight excluding hydrogens is 1170 g/mol. The quantitative estimate of drug-likeness (QED) is 0.109. The molecule has 9 nitrogen and oxygen atoms in total. The van der Waals surface area contributed by atoms with Gasteiger partial charge in [-0.15, -0.1) is 0 Å². The first-order valence-electron chi connectivity index (χ1n) is 22.1. The number of imidazole rings is 3. The van der Waals surface area contributed by atoms with Crippen LogP contribution in [0.2, 0.25) is 0 Å². The summed E-state index contributed by atoms with van der Waals surface area (Å²) in [4.78, 5) is 43.7. The van der Waals surface area contributed by atoms with Gasteiger partial charge >= 0.3 is 41.8 Å². The number of rotatable bonds is 7. The largest absolute Gasteiger partial charge is 0.416 e. The Balaban J connectivity index is 0.000000181. The predicted octanol–water partition coefficient (Wildman–Crippen LogP) is 13.8. The van der Waals surface area contributed by atoms with Crippen molar-refractivity contribution in [1.82, 2.24) is 28.7 Å². The number of H-pyrrole nitrogens is 3. The molecule has 0 unspecified atom stereocenters. The van der Waals surface area contributed by atoms with E-state index in [0.29, 0.717) is 38.6 Å². The number of halogens is 13. The van der Waals surface area contributed by atoms with Gasteiger partial charge < -0.3 is 15.0 Å². The number of aromatic amines is 3. The Morgan fingerprint density at radius 1 is 0.355 bits per heavy atom. The third-order valence-corrected chi connectivity index (χ3v) is 12.0. The van der Waals surface area contributed by atoms with Gasteiger partial charge in [0.2, 0.25) is 0 Å². The van der Waals surface area contributed by atoms with Gasteiger partial charge in [0.05, 0.1) is 75.0 Å². The van der Waals surface area contributed by atoms with Gasteiger partial charge in [0.15, 0.2) is 0 Å². The minimum Gasteiger partial charge on any atom is -0.306 e. The Labute approximate surface area is 455 Å². The molecule has 0 spiro atoms. The molecule has 3 aromatic heterocycles. The summed E-state index contributed by atoms with van der Waals surface area (Å²) >= 11 is 3.15. The van der Waals surface area contributed by atoms with Crippen molar-refractivity contribution in [2.75, 3.05) is 0 Å². The molecule has 23 heteroatoms. The number of alkyl halides is 13. The maximum Gasteiger partial charge on any atom is 0.416 e. The minimum absolute atomic E-state index is 0. The van der Waals surface area contributed by atoms with Gasteiger partial charge in [0.25, 0.3) is 0 Å². The SMILES string of the molecule is FC(F)(F)c1ccc(CBr)cc1.O=c1[nH]c2ccccc2[nH]1.O=c1[nH]c2ccccc2n1Cc1ccc(C(F)(F)F)cc1.O=c1n(Cc2ccc(C(F)(F)F)cc2)c2ccccc2n1Cc1ccc(C(F)(F)F)cc1.[Y]. The van der Waals surface area contributed by atoms with E-state index >= 15 is 0 Å². The van der Waals surface area contributed by atoms with Crippen molar-refractivity contribution in [3.8, 4) is 0 Å². The molecular formula is C53H39BrF12N6O3Y. The summed E-state index contributed by atoms with van der Waals surface area (Å²) in [5, 5.41) is 0.575. The van der Waals surface area contributed by atoms with Crippen LogP contribution in [0.3, 0.4) is 0 Å². The zero-order valence-electron chi connectivity index (χ0n) is 39.1. The van der Waals surface area contributed by atoms with E-state index in [1.165, 1.54) is 62.2 Å². The monoisotopic (exact) mass is 1200 g/mol. The first-order chi connectivity index (χ1) is 35.4. The summed E-state index contributed by atoms with van der Waals surface area (Å²) in [7, 11) is 0. The first-order valence-corrected chi connectivity index (χ1v) is 23.2. The van der Waals surface area contributed by atoms with Crippen LogP contribution in [0.4, 0.5) is 52.7 Å². The fourth-order valence-electron chi connectivity index (χ4n) is 7.55. The third-order valence-electron chi connectivity index (χ3n) is 11.3. The van der Waals surface area contributed by atoms with Gasteiger partial charge in [-0.1, -0.05) is 101 Å². The molecule has 0 aliphatic rings. The molecule has 0 fully saturated rings. The summed E-state index contributed by atoms with van der Waals surface area (Å²) in [6.45, 7) is 0.329. The maximum absolute atomic E-state index is 13.1. The fourth-order valence-corrected chi connectivity index (χ4v) is 7.92. The molecule has 3 N–H and O–H groups in total. The molecule has 0 aliphatic heterocycles. The number of aromatic nitrogens is 6. The van der Waals surface area contributed by atoms with E-state index in [-0.39, 0.29) is 63.7 Å². The van der Waals surface area contributed by atoms with Gasteiger partial charge in [-0.2, -0.15) is 52.7 Å². The molecule has 0 bridgehead atoms. The van der Waals surface area contributed by atoms with Crippen molar-refractivity contribution in [3.05, 3.63) is 246 Å². The summed E-state index contributed by atoms with van der Waals surface area (Å²) in [5.74, 6) is 0. The van der Waals surface area contributed by atoms with Crippen molar-refractivity contribution in [2.24, 2.45) is 0 Å². The Kier molecular flexibility index (Phi) is 18.7. The molecule has 0 saturated heterocycles. The number of para-hydroxylation sites is 6.